The van der Waals surface area contributed by atoms with E-state index in [1.54, 1.807) is 18.3 Å². The van der Waals surface area contributed by atoms with Crippen molar-refractivity contribution in [2.24, 2.45) is 0 Å². The molecule has 22 heavy (non-hydrogen) atoms. The number of amides is 1. The van der Waals surface area contributed by atoms with Gasteiger partial charge in [0, 0.05) is 37.1 Å². The third-order valence-electron chi connectivity index (χ3n) is 3.69. The normalized spacial score (nSPS) is 14.2. The van der Waals surface area contributed by atoms with Gasteiger partial charge in [0.2, 0.25) is 5.91 Å². The highest BCUT2D eigenvalue weighted by molar-refractivity contribution is 7.13. The first-order chi connectivity index (χ1) is 10.7. The second kappa shape index (κ2) is 6.89. The minimum absolute atomic E-state index is 0.00584. The van der Waals surface area contributed by atoms with E-state index in [4.69, 9.17) is 0 Å². The summed E-state index contributed by atoms with van der Waals surface area (Å²) in [5.74, 6) is 0.288. The lowest BCUT2D eigenvalue weighted by Crippen LogP contribution is -2.29. The Morgan fingerprint density at radius 2 is 2.14 bits per heavy atom. The third kappa shape index (κ3) is 4.29. The standard InChI is InChI=1S/C16H19N3O2S/c20-14-5-1-12(2-6-14)11-19(13-3-4-13)9-7-15(21)18-16-17-8-10-22-16/h1-2,5-6,8,10,13,20H,3-4,7,9,11H2,(H,17,18,21). The van der Waals surface area contributed by atoms with E-state index in [1.165, 1.54) is 24.2 Å². The smallest absolute Gasteiger partial charge is 0.227 e. The van der Waals surface area contributed by atoms with Gasteiger partial charge in [0.1, 0.15) is 5.75 Å². The molecule has 5 nitrogen and oxygen atoms in total. The van der Waals surface area contributed by atoms with Gasteiger partial charge in [-0.3, -0.25) is 9.69 Å². The molecule has 1 aliphatic carbocycles. The van der Waals surface area contributed by atoms with Crippen molar-refractivity contribution in [3.8, 4) is 5.75 Å². The lowest BCUT2D eigenvalue weighted by molar-refractivity contribution is -0.116. The Morgan fingerprint density at radius 3 is 2.77 bits per heavy atom. The van der Waals surface area contributed by atoms with E-state index in [0.717, 1.165) is 18.7 Å². The number of phenols is 1. The molecule has 2 N–H and O–H groups in total. The SMILES string of the molecule is O=C(CCN(Cc1ccc(O)cc1)C1CC1)Nc1nccs1. The Morgan fingerprint density at radius 1 is 1.36 bits per heavy atom. The van der Waals surface area contributed by atoms with Crippen LogP contribution in [0.3, 0.4) is 0 Å². The van der Waals surface area contributed by atoms with Crippen LogP contribution in [0.25, 0.3) is 0 Å². The van der Waals surface area contributed by atoms with E-state index < -0.39 is 0 Å². The summed E-state index contributed by atoms with van der Waals surface area (Å²) in [6.07, 6.45) is 4.55. The number of aromatic nitrogens is 1. The number of aromatic hydroxyl groups is 1. The monoisotopic (exact) mass is 317 g/mol. The molecule has 116 valence electrons. The molecular formula is C16H19N3O2S. The first kappa shape index (κ1) is 15.0. The Hall–Kier alpha value is -1.92. The highest BCUT2D eigenvalue weighted by Gasteiger charge is 2.29. The first-order valence-corrected chi connectivity index (χ1v) is 8.30. The Kier molecular flexibility index (Phi) is 4.70. The van der Waals surface area contributed by atoms with E-state index in [-0.39, 0.29) is 11.7 Å². The number of benzene rings is 1. The number of carbonyl (C=O) groups excluding carboxylic acids is 1. The van der Waals surface area contributed by atoms with Crippen LogP contribution in [-0.2, 0) is 11.3 Å². The third-order valence-corrected chi connectivity index (χ3v) is 4.38. The molecule has 1 heterocycles. The molecule has 1 aliphatic rings. The van der Waals surface area contributed by atoms with Crippen molar-refractivity contribution < 1.29 is 9.90 Å². The minimum Gasteiger partial charge on any atom is -0.508 e. The highest BCUT2D eigenvalue weighted by atomic mass is 32.1. The average Bonchev–Trinajstić information content (AvgIpc) is 3.23. The number of phenolic OH excluding ortho intramolecular Hbond substituents is 1. The fourth-order valence-corrected chi connectivity index (χ4v) is 2.92. The molecule has 6 heteroatoms. The Balaban J connectivity index is 1.51. The zero-order chi connectivity index (χ0) is 15.4. The van der Waals surface area contributed by atoms with Crippen molar-refractivity contribution in [2.45, 2.75) is 31.8 Å². The fourth-order valence-electron chi connectivity index (χ4n) is 2.38. The number of hydrogen-bond donors (Lipinski definition) is 2. The fraction of sp³-hybridized carbons (Fsp3) is 0.375. The molecule has 2 aromatic rings. The van der Waals surface area contributed by atoms with Crippen LogP contribution in [0.2, 0.25) is 0 Å². The van der Waals surface area contributed by atoms with Gasteiger partial charge in [-0.25, -0.2) is 4.98 Å². The summed E-state index contributed by atoms with van der Waals surface area (Å²) < 4.78 is 0. The number of anilines is 1. The maximum atomic E-state index is 12.0. The molecule has 0 radical (unpaired) electrons. The van der Waals surface area contributed by atoms with Crippen molar-refractivity contribution in [1.29, 1.82) is 0 Å². The Bertz CT molecular complexity index is 609. The number of nitrogens with one attached hydrogen (secondary N) is 1. The number of nitrogens with zero attached hydrogens (tertiary/aromatic N) is 2. The topological polar surface area (TPSA) is 65.5 Å². The van der Waals surface area contributed by atoms with Crippen molar-refractivity contribution in [1.82, 2.24) is 9.88 Å². The molecule has 1 aromatic carbocycles. The van der Waals surface area contributed by atoms with E-state index >= 15 is 0 Å². The van der Waals surface area contributed by atoms with Crippen LogP contribution in [0.4, 0.5) is 5.13 Å². The molecule has 1 aromatic heterocycles. The van der Waals surface area contributed by atoms with Gasteiger partial charge >= 0.3 is 0 Å². The number of rotatable bonds is 7. The van der Waals surface area contributed by atoms with Crippen LogP contribution in [0, 0.1) is 0 Å². The number of thiazole rings is 1. The van der Waals surface area contributed by atoms with E-state index in [0.29, 0.717) is 17.6 Å². The number of hydrogen-bond acceptors (Lipinski definition) is 5. The molecule has 0 spiro atoms. The molecule has 0 unspecified atom stereocenters. The van der Waals surface area contributed by atoms with E-state index in [9.17, 15) is 9.90 Å². The van der Waals surface area contributed by atoms with E-state index in [1.807, 2.05) is 17.5 Å². The van der Waals surface area contributed by atoms with Crippen LogP contribution < -0.4 is 5.32 Å². The molecule has 0 aliphatic heterocycles. The minimum atomic E-state index is 0.00584. The average molecular weight is 317 g/mol. The second-order valence-electron chi connectivity index (χ2n) is 5.50. The highest BCUT2D eigenvalue weighted by Crippen LogP contribution is 2.28. The quantitative estimate of drug-likeness (QED) is 0.824. The van der Waals surface area contributed by atoms with E-state index in [2.05, 4.69) is 15.2 Å². The lowest BCUT2D eigenvalue weighted by atomic mass is 10.2. The van der Waals surface area contributed by atoms with Crippen molar-refractivity contribution in [3.63, 3.8) is 0 Å². The summed E-state index contributed by atoms with van der Waals surface area (Å²) in [6, 6.07) is 7.85. The second-order valence-corrected chi connectivity index (χ2v) is 6.40. The maximum Gasteiger partial charge on any atom is 0.227 e. The largest absolute Gasteiger partial charge is 0.508 e. The summed E-state index contributed by atoms with van der Waals surface area (Å²) in [6.45, 7) is 1.55. The molecule has 1 saturated carbocycles. The summed E-state index contributed by atoms with van der Waals surface area (Å²) in [4.78, 5) is 18.3. The van der Waals surface area contributed by atoms with Crippen molar-refractivity contribution >= 4 is 22.4 Å². The predicted molar refractivity (Wildman–Crippen MR) is 86.9 cm³/mol. The molecule has 3 rings (SSSR count). The summed E-state index contributed by atoms with van der Waals surface area (Å²) in [7, 11) is 0. The van der Waals surface area contributed by atoms with Gasteiger partial charge in [-0.05, 0) is 30.5 Å². The van der Waals surface area contributed by atoms with Gasteiger partial charge in [0.15, 0.2) is 5.13 Å². The van der Waals surface area contributed by atoms with Gasteiger partial charge in [0.25, 0.3) is 0 Å². The van der Waals surface area contributed by atoms with Crippen LogP contribution in [0.5, 0.6) is 5.75 Å². The molecular weight excluding hydrogens is 298 g/mol. The van der Waals surface area contributed by atoms with Gasteiger partial charge < -0.3 is 10.4 Å². The predicted octanol–water partition coefficient (Wildman–Crippen LogP) is 2.84. The van der Waals surface area contributed by atoms with Crippen molar-refractivity contribution in [3.05, 3.63) is 41.4 Å². The van der Waals surface area contributed by atoms with Gasteiger partial charge in [-0.15, -0.1) is 11.3 Å². The molecule has 0 atom stereocenters. The lowest BCUT2D eigenvalue weighted by Gasteiger charge is -2.21. The zero-order valence-electron chi connectivity index (χ0n) is 12.2. The zero-order valence-corrected chi connectivity index (χ0v) is 13.1. The van der Waals surface area contributed by atoms with Crippen LogP contribution in [0.15, 0.2) is 35.8 Å². The molecule has 0 bridgehead atoms. The summed E-state index contributed by atoms with van der Waals surface area (Å²) in [5.41, 5.74) is 1.16. The molecule has 1 amide bonds. The van der Waals surface area contributed by atoms with Gasteiger partial charge in [-0.1, -0.05) is 12.1 Å². The van der Waals surface area contributed by atoms with Crippen molar-refractivity contribution in [2.75, 3.05) is 11.9 Å². The van der Waals surface area contributed by atoms with Crippen LogP contribution >= 0.6 is 11.3 Å². The van der Waals surface area contributed by atoms with Crippen LogP contribution in [0.1, 0.15) is 24.8 Å². The first-order valence-electron chi connectivity index (χ1n) is 7.42. The number of carbonyl (C=O) groups is 1. The summed E-state index contributed by atoms with van der Waals surface area (Å²) in [5, 5.41) is 14.7. The molecule has 0 saturated heterocycles. The summed E-state index contributed by atoms with van der Waals surface area (Å²) >= 11 is 1.43. The van der Waals surface area contributed by atoms with Crippen LogP contribution in [-0.4, -0.2) is 33.5 Å². The Labute approximate surface area is 133 Å². The molecule has 1 fully saturated rings. The van der Waals surface area contributed by atoms with Gasteiger partial charge in [0.05, 0.1) is 0 Å². The maximum absolute atomic E-state index is 12.0. The van der Waals surface area contributed by atoms with Gasteiger partial charge in [-0.2, -0.15) is 0 Å².